The standard InChI is InChI=1S/C64H44N2/c1-5-21-45(22-6-1)53-31-15-17-33-55(53)57-39-37-51(43-61(57)56-34-18-16-32-54(56)46-23-7-2-8-24-46)65(50-29-11-4-12-30-50)52-38-40-59-58-35-19-20-36-62(58)66(64(59)44-52)63-42-49-28-14-13-27-48(49)41-60(63)47-25-9-3-10-26-47/h1-44H. The average molecular weight is 841 g/mol. The second-order valence-electron chi connectivity index (χ2n) is 16.9. The van der Waals surface area contributed by atoms with Crippen molar-refractivity contribution in [3.05, 3.63) is 267 Å². The molecule has 12 rings (SSSR count). The van der Waals surface area contributed by atoms with E-state index in [0.29, 0.717) is 0 Å². The number of nitrogens with zero attached hydrogens (tertiary/aromatic N) is 2. The van der Waals surface area contributed by atoms with Crippen LogP contribution in [0.1, 0.15) is 0 Å². The Bertz CT molecular complexity index is 3680. The summed E-state index contributed by atoms with van der Waals surface area (Å²) in [6, 6.07) is 97.1. The van der Waals surface area contributed by atoms with E-state index in [4.69, 9.17) is 0 Å². The van der Waals surface area contributed by atoms with Crippen molar-refractivity contribution in [2.45, 2.75) is 0 Å². The van der Waals surface area contributed by atoms with Gasteiger partial charge in [0.05, 0.1) is 16.7 Å². The molecule has 0 atom stereocenters. The Morgan fingerprint density at radius 3 is 1.32 bits per heavy atom. The molecule has 2 heteroatoms. The highest BCUT2D eigenvalue weighted by molar-refractivity contribution is 6.11. The van der Waals surface area contributed by atoms with Crippen LogP contribution >= 0.6 is 0 Å². The molecule has 0 bridgehead atoms. The number of benzene rings is 11. The zero-order valence-electron chi connectivity index (χ0n) is 36.3. The van der Waals surface area contributed by atoms with Crippen LogP contribution in [0.4, 0.5) is 17.1 Å². The minimum Gasteiger partial charge on any atom is -0.310 e. The van der Waals surface area contributed by atoms with Crippen LogP contribution in [-0.2, 0) is 0 Å². The lowest BCUT2D eigenvalue weighted by Gasteiger charge is -2.27. The molecule has 2 nitrogen and oxygen atoms in total. The third-order valence-corrected chi connectivity index (χ3v) is 13.0. The molecule has 0 saturated heterocycles. The maximum Gasteiger partial charge on any atom is 0.0562 e. The van der Waals surface area contributed by atoms with Crippen LogP contribution in [0.5, 0.6) is 0 Å². The SMILES string of the molecule is c1ccc(-c2ccccc2-c2ccc(N(c3ccccc3)c3ccc4c5ccccc5n(-c5cc6ccccc6cc5-c5ccccc5)c4c3)cc2-c2ccccc2-c2ccccc2)cc1. The molecule has 1 heterocycles. The van der Waals surface area contributed by atoms with E-state index < -0.39 is 0 Å². The van der Waals surface area contributed by atoms with Crippen LogP contribution in [0.15, 0.2) is 267 Å². The maximum absolute atomic E-state index is 2.48. The second-order valence-corrected chi connectivity index (χ2v) is 16.9. The van der Waals surface area contributed by atoms with E-state index in [-0.39, 0.29) is 0 Å². The molecule has 0 aliphatic carbocycles. The summed E-state index contributed by atoms with van der Waals surface area (Å²) in [4.78, 5) is 2.42. The summed E-state index contributed by atoms with van der Waals surface area (Å²) in [5.41, 5.74) is 18.5. The molecule has 0 aliphatic rings. The van der Waals surface area contributed by atoms with E-state index in [1.165, 1.54) is 77.1 Å². The fraction of sp³-hybridized carbons (Fsp3) is 0. The third-order valence-electron chi connectivity index (χ3n) is 13.0. The number of fused-ring (bicyclic) bond motifs is 4. The predicted octanol–water partition coefficient (Wildman–Crippen LogP) is 17.7. The summed E-state index contributed by atoms with van der Waals surface area (Å²) in [6.07, 6.45) is 0. The number of aromatic nitrogens is 1. The quantitative estimate of drug-likeness (QED) is 0.141. The molecule has 0 unspecified atom stereocenters. The molecule has 0 saturated carbocycles. The van der Waals surface area contributed by atoms with E-state index in [1.54, 1.807) is 0 Å². The first-order chi connectivity index (χ1) is 32.8. The molecule has 11 aromatic carbocycles. The van der Waals surface area contributed by atoms with Crippen molar-refractivity contribution in [3.8, 4) is 61.3 Å². The maximum atomic E-state index is 2.48. The minimum absolute atomic E-state index is 1.07. The number of hydrogen-bond acceptors (Lipinski definition) is 1. The molecule has 1 aromatic heterocycles. The molecule has 0 fully saturated rings. The minimum atomic E-state index is 1.07. The molecule has 0 amide bonds. The number of rotatable bonds is 9. The molecule has 66 heavy (non-hydrogen) atoms. The Balaban J connectivity index is 1.12. The van der Waals surface area contributed by atoms with Crippen LogP contribution in [-0.4, -0.2) is 4.57 Å². The molecule has 0 aliphatic heterocycles. The molecule has 0 N–H and O–H groups in total. The first kappa shape index (κ1) is 38.9. The Labute approximate surface area is 385 Å². The first-order valence-electron chi connectivity index (χ1n) is 22.7. The summed E-state index contributed by atoms with van der Waals surface area (Å²) in [5, 5.41) is 4.85. The van der Waals surface area contributed by atoms with Crippen LogP contribution in [0.25, 0.3) is 93.9 Å². The van der Waals surface area contributed by atoms with Gasteiger partial charge in [0.15, 0.2) is 0 Å². The van der Waals surface area contributed by atoms with Crippen molar-refractivity contribution in [1.82, 2.24) is 4.57 Å². The Morgan fingerprint density at radius 2 is 0.682 bits per heavy atom. The highest BCUT2D eigenvalue weighted by Crippen LogP contribution is 2.47. The summed E-state index contributed by atoms with van der Waals surface area (Å²) in [7, 11) is 0. The van der Waals surface area contributed by atoms with Crippen LogP contribution in [0.3, 0.4) is 0 Å². The van der Waals surface area contributed by atoms with Crippen LogP contribution in [0, 0.1) is 0 Å². The molecule has 12 aromatic rings. The van der Waals surface area contributed by atoms with E-state index >= 15 is 0 Å². The fourth-order valence-corrected chi connectivity index (χ4v) is 9.95. The van der Waals surface area contributed by atoms with Gasteiger partial charge in [0.2, 0.25) is 0 Å². The topological polar surface area (TPSA) is 8.17 Å². The highest BCUT2D eigenvalue weighted by atomic mass is 15.1. The number of anilines is 3. The fourth-order valence-electron chi connectivity index (χ4n) is 9.95. The van der Waals surface area contributed by atoms with Gasteiger partial charge < -0.3 is 9.47 Å². The second kappa shape index (κ2) is 16.8. The van der Waals surface area contributed by atoms with Crippen LogP contribution in [0.2, 0.25) is 0 Å². The Kier molecular flexibility index (Phi) is 9.89. The summed E-state index contributed by atoms with van der Waals surface area (Å²) in [6.45, 7) is 0. The van der Waals surface area contributed by atoms with Gasteiger partial charge in [0.25, 0.3) is 0 Å². The molecule has 0 radical (unpaired) electrons. The Morgan fingerprint density at radius 1 is 0.242 bits per heavy atom. The molecule has 0 spiro atoms. The lowest BCUT2D eigenvalue weighted by atomic mass is 9.86. The average Bonchev–Trinajstić information content (AvgIpc) is 3.73. The molecule has 310 valence electrons. The lowest BCUT2D eigenvalue weighted by Crippen LogP contribution is -2.10. The van der Waals surface area contributed by atoms with Gasteiger partial charge in [0, 0.05) is 33.4 Å². The first-order valence-corrected chi connectivity index (χ1v) is 22.7. The number of para-hydroxylation sites is 2. The molecular weight excluding hydrogens is 797 g/mol. The van der Waals surface area contributed by atoms with Gasteiger partial charge in [-0.1, -0.05) is 212 Å². The van der Waals surface area contributed by atoms with Crippen molar-refractivity contribution in [2.75, 3.05) is 4.90 Å². The van der Waals surface area contributed by atoms with Crippen LogP contribution < -0.4 is 4.90 Å². The summed E-state index contributed by atoms with van der Waals surface area (Å²) < 4.78 is 2.48. The van der Waals surface area contributed by atoms with Crippen molar-refractivity contribution in [2.24, 2.45) is 0 Å². The monoisotopic (exact) mass is 840 g/mol. The normalized spacial score (nSPS) is 11.3. The lowest BCUT2D eigenvalue weighted by molar-refractivity contribution is 1.18. The smallest absolute Gasteiger partial charge is 0.0562 e. The van der Waals surface area contributed by atoms with E-state index in [2.05, 4.69) is 276 Å². The van der Waals surface area contributed by atoms with Crippen molar-refractivity contribution >= 4 is 49.6 Å². The van der Waals surface area contributed by atoms with Gasteiger partial charge in [-0.05, 0) is 115 Å². The van der Waals surface area contributed by atoms with Gasteiger partial charge in [-0.2, -0.15) is 0 Å². The summed E-state index contributed by atoms with van der Waals surface area (Å²) >= 11 is 0. The van der Waals surface area contributed by atoms with Crippen molar-refractivity contribution in [1.29, 1.82) is 0 Å². The van der Waals surface area contributed by atoms with Crippen molar-refractivity contribution in [3.63, 3.8) is 0 Å². The third kappa shape index (κ3) is 6.93. The largest absolute Gasteiger partial charge is 0.310 e. The van der Waals surface area contributed by atoms with Gasteiger partial charge in [-0.3, -0.25) is 0 Å². The van der Waals surface area contributed by atoms with Gasteiger partial charge in [-0.25, -0.2) is 0 Å². The van der Waals surface area contributed by atoms with E-state index in [1.807, 2.05) is 0 Å². The van der Waals surface area contributed by atoms with Gasteiger partial charge in [-0.15, -0.1) is 0 Å². The predicted molar refractivity (Wildman–Crippen MR) is 280 cm³/mol. The Hall–Kier alpha value is -8.72. The number of hydrogen-bond donors (Lipinski definition) is 0. The van der Waals surface area contributed by atoms with Crippen molar-refractivity contribution < 1.29 is 0 Å². The zero-order valence-corrected chi connectivity index (χ0v) is 36.3. The summed E-state index contributed by atoms with van der Waals surface area (Å²) in [5.74, 6) is 0. The van der Waals surface area contributed by atoms with E-state index in [0.717, 1.165) is 33.8 Å². The van der Waals surface area contributed by atoms with E-state index in [9.17, 15) is 0 Å². The van der Waals surface area contributed by atoms with Gasteiger partial charge >= 0.3 is 0 Å². The highest BCUT2D eigenvalue weighted by Gasteiger charge is 2.22. The molecular formula is C64H44N2. The zero-order chi connectivity index (χ0) is 43.8. The van der Waals surface area contributed by atoms with Gasteiger partial charge in [0.1, 0.15) is 0 Å².